The Morgan fingerprint density at radius 1 is 1.67 bits per heavy atom. The maximum atomic E-state index is 11.0. The zero-order chi connectivity index (χ0) is 8.97. The topological polar surface area (TPSA) is 79.3 Å². The first-order chi connectivity index (χ1) is 5.70. The number of hydrogen-bond acceptors (Lipinski definition) is 4. The van der Waals surface area contributed by atoms with Gasteiger partial charge in [-0.3, -0.25) is 4.79 Å². The molecular weight excluding hydrogens is 180 g/mol. The van der Waals surface area contributed by atoms with E-state index in [-0.39, 0.29) is 12.3 Å². The predicted octanol–water partition coefficient (Wildman–Crippen LogP) is 0.593. The lowest BCUT2D eigenvalue weighted by Crippen LogP contribution is -2.27. The van der Waals surface area contributed by atoms with Crippen LogP contribution in [0.4, 0.5) is 4.79 Å². The van der Waals surface area contributed by atoms with E-state index in [0.717, 1.165) is 0 Å². The highest BCUT2D eigenvalue weighted by Crippen LogP contribution is 2.03. The summed E-state index contributed by atoms with van der Waals surface area (Å²) in [6, 6.07) is 0. The monoisotopic (exact) mass is 186 g/mol. The number of hydrogen-bond donors (Lipinski definition) is 2. The molecular formula is C6H6N2O3S. The summed E-state index contributed by atoms with van der Waals surface area (Å²) in [5.41, 5.74) is 0. The number of rotatable bonds is 3. The lowest BCUT2D eigenvalue weighted by atomic mass is 10.4. The zero-order valence-corrected chi connectivity index (χ0v) is 6.80. The van der Waals surface area contributed by atoms with E-state index < -0.39 is 6.09 Å². The van der Waals surface area contributed by atoms with E-state index in [1.807, 2.05) is 5.32 Å². The first kappa shape index (κ1) is 8.66. The van der Waals surface area contributed by atoms with Crippen molar-refractivity contribution in [2.24, 2.45) is 0 Å². The molecule has 0 aliphatic carbocycles. The molecule has 5 nitrogen and oxygen atoms in total. The Balaban J connectivity index is 2.45. The summed E-state index contributed by atoms with van der Waals surface area (Å²) in [5.74, 6) is -0.313. The quantitative estimate of drug-likeness (QED) is 0.677. The highest BCUT2D eigenvalue weighted by Gasteiger charge is 2.08. The van der Waals surface area contributed by atoms with Gasteiger partial charge >= 0.3 is 6.09 Å². The molecule has 1 rings (SSSR count). The van der Waals surface area contributed by atoms with E-state index in [1.54, 1.807) is 5.38 Å². The summed E-state index contributed by atoms with van der Waals surface area (Å²) in [5, 5.41) is 12.1. The molecule has 0 spiro atoms. The number of thiazole rings is 1. The lowest BCUT2D eigenvalue weighted by Gasteiger charge is -1.95. The summed E-state index contributed by atoms with van der Waals surface area (Å²) in [6.45, 7) is -0.219. The van der Waals surface area contributed by atoms with Crippen LogP contribution in [0.1, 0.15) is 9.80 Å². The Labute approximate surface area is 72.1 Å². The van der Waals surface area contributed by atoms with Gasteiger partial charge in [0.25, 0.3) is 0 Å². The van der Waals surface area contributed by atoms with E-state index in [1.165, 1.54) is 17.5 Å². The molecule has 2 N–H and O–H groups in total. The number of carboxylic acid groups (broad SMARTS) is 1. The molecule has 0 aromatic carbocycles. The first-order valence-corrected chi connectivity index (χ1v) is 3.97. The van der Waals surface area contributed by atoms with Crippen LogP contribution in [-0.2, 0) is 0 Å². The molecule has 0 radical (unpaired) electrons. The molecule has 0 fully saturated rings. The Kier molecular flexibility index (Phi) is 2.76. The van der Waals surface area contributed by atoms with Crippen LogP contribution in [0.2, 0.25) is 0 Å². The van der Waals surface area contributed by atoms with E-state index in [9.17, 15) is 9.59 Å². The fraction of sp³-hybridized carbons (Fsp3) is 0.167. The second-order valence-corrected chi connectivity index (χ2v) is 2.81. The Hall–Kier alpha value is -1.43. The van der Waals surface area contributed by atoms with E-state index >= 15 is 0 Å². The molecule has 0 aliphatic heterocycles. The van der Waals surface area contributed by atoms with Crippen LogP contribution in [0, 0.1) is 0 Å². The minimum atomic E-state index is -1.21. The molecule has 1 aromatic heterocycles. The summed E-state index contributed by atoms with van der Waals surface area (Å²) >= 11 is 1.19. The third-order valence-electron chi connectivity index (χ3n) is 1.07. The molecule has 0 aliphatic rings. The third-order valence-corrected chi connectivity index (χ3v) is 1.89. The van der Waals surface area contributed by atoms with Crippen LogP contribution < -0.4 is 5.32 Å². The van der Waals surface area contributed by atoms with E-state index in [4.69, 9.17) is 5.11 Å². The minimum absolute atomic E-state index is 0.219. The van der Waals surface area contributed by atoms with Crippen molar-refractivity contribution in [2.75, 3.05) is 6.54 Å². The van der Waals surface area contributed by atoms with Gasteiger partial charge in [-0.15, -0.1) is 11.3 Å². The van der Waals surface area contributed by atoms with Crippen LogP contribution >= 0.6 is 11.3 Å². The third kappa shape index (κ3) is 2.31. The van der Waals surface area contributed by atoms with E-state index in [2.05, 4.69) is 4.98 Å². The Morgan fingerprint density at radius 2 is 2.42 bits per heavy atom. The number of Topliss-reactive ketones (excluding diaryl/α,β-unsaturated/α-hetero) is 1. The molecule has 0 saturated heterocycles. The van der Waals surface area contributed by atoms with Crippen molar-refractivity contribution >= 4 is 23.2 Å². The highest BCUT2D eigenvalue weighted by molar-refractivity contribution is 7.11. The largest absolute Gasteiger partial charge is 0.465 e. The van der Waals surface area contributed by atoms with Gasteiger partial charge in [0.05, 0.1) is 6.54 Å². The first-order valence-electron chi connectivity index (χ1n) is 3.09. The second-order valence-electron chi connectivity index (χ2n) is 1.92. The fourth-order valence-corrected chi connectivity index (χ4v) is 1.17. The predicted molar refractivity (Wildman–Crippen MR) is 42.5 cm³/mol. The average Bonchev–Trinajstić information content (AvgIpc) is 2.51. The smallest absolute Gasteiger partial charge is 0.405 e. The minimum Gasteiger partial charge on any atom is -0.465 e. The average molecular weight is 186 g/mol. The molecule has 12 heavy (non-hydrogen) atoms. The van der Waals surface area contributed by atoms with Gasteiger partial charge in [0.15, 0.2) is 5.01 Å². The van der Waals surface area contributed by atoms with Gasteiger partial charge in [-0.25, -0.2) is 9.78 Å². The molecule has 0 atom stereocenters. The van der Waals surface area contributed by atoms with Gasteiger partial charge in [0, 0.05) is 11.6 Å². The van der Waals surface area contributed by atoms with Gasteiger partial charge in [0.1, 0.15) is 0 Å². The maximum Gasteiger partial charge on any atom is 0.405 e. The molecule has 64 valence electrons. The number of ketones is 1. The normalized spacial score (nSPS) is 9.33. The van der Waals surface area contributed by atoms with Crippen molar-refractivity contribution in [3.8, 4) is 0 Å². The van der Waals surface area contributed by atoms with Crippen LogP contribution in [0.3, 0.4) is 0 Å². The van der Waals surface area contributed by atoms with E-state index in [0.29, 0.717) is 5.01 Å². The molecule has 1 amide bonds. The van der Waals surface area contributed by atoms with Crippen LogP contribution in [0.5, 0.6) is 0 Å². The number of carbonyl (C=O) groups excluding carboxylic acids is 1. The van der Waals surface area contributed by atoms with Crippen molar-refractivity contribution in [1.29, 1.82) is 0 Å². The van der Waals surface area contributed by atoms with Gasteiger partial charge in [-0.05, 0) is 0 Å². The van der Waals surface area contributed by atoms with Gasteiger partial charge in [0.2, 0.25) is 5.78 Å². The van der Waals surface area contributed by atoms with Crippen molar-refractivity contribution in [2.45, 2.75) is 0 Å². The molecule has 6 heteroatoms. The van der Waals surface area contributed by atoms with Crippen molar-refractivity contribution in [3.63, 3.8) is 0 Å². The molecule has 1 heterocycles. The second kappa shape index (κ2) is 3.82. The number of aromatic nitrogens is 1. The summed E-state index contributed by atoms with van der Waals surface area (Å²) < 4.78 is 0. The van der Waals surface area contributed by atoms with Crippen LogP contribution in [-0.4, -0.2) is 28.5 Å². The fourth-order valence-electron chi connectivity index (χ4n) is 0.593. The molecule has 0 bridgehead atoms. The Bertz CT molecular complexity index is 283. The highest BCUT2D eigenvalue weighted by atomic mass is 32.1. The number of nitrogens with one attached hydrogen (secondary N) is 1. The molecule has 0 unspecified atom stereocenters. The number of amides is 1. The summed E-state index contributed by atoms with van der Waals surface area (Å²) in [4.78, 5) is 24.8. The summed E-state index contributed by atoms with van der Waals surface area (Å²) in [6.07, 6.45) is 0.290. The van der Waals surface area contributed by atoms with Gasteiger partial charge in [-0.1, -0.05) is 0 Å². The van der Waals surface area contributed by atoms with Gasteiger partial charge < -0.3 is 10.4 Å². The van der Waals surface area contributed by atoms with Crippen LogP contribution in [0.25, 0.3) is 0 Å². The SMILES string of the molecule is O=C(O)NCC(=O)c1nccs1. The number of carbonyl (C=O) groups is 2. The maximum absolute atomic E-state index is 11.0. The summed E-state index contributed by atoms with van der Waals surface area (Å²) in [7, 11) is 0. The van der Waals surface area contributed by atoms with Crippen molar-refractivity contribution < 1.29 is 14.7 Å². The molecule has 0 saturated carbocycles. The van der Waals surface area contributed by atoms with Crippen molar-refractivity contribution in [3.05, 3.63) is 16.6 Å². The van der Waals surface area contributed by atoms with Crippen LogP contribution in [0.15, 0.2) is 11.6 Å². The Morgan fingerprint density at radius 3 is 2.92 bits per heavy atom. The standard InChI is InChI=1S/C6H6N2O3S/c9-4(3-8-6(10)11)5-7-1-2-12-5/h1-2,8H,3H2,(H,10,11). The molecule has 1 aromatic rings. The van der Waals surface area contributed by atoms with Gasteiger partial charge in [-0.2, -0.15) is 0 Å². The number of nitrogens with zero attached hydrogens (tertiary/aromatic N) is 1. The lowest BCUT2D eigenvalue weighted by molar-refractivity contribution is 0.0986. The zero-order valence-electron chi connectivity index (χ0n) is 5.98. The van der Waals surface area contributed by atoms with Crippen molar-refractivity contribution in [1.82, 2.24) is 10.3 Å².